The molecule has 0 bridgehead atoms. The van der Waals surface area contributed by atoms with Crippen LogP contribution in [0, 0.1) is 5.92 Å². The molecule has 1 fully saturated rings. The highest BCUT2D eigenvalue weighted by molar-refractivity contribution is 6.28. The van der Waals surface area contributed by atoms with E-state index in [1.807, 2.05) is 6.07 Å². The van der Waals surface area contributed by atoms with Crippen LogP contribution in [-0.2, 0) is 0 Å². The van der Waals surface area contributed by atoms with Crippen molar-refractivity contribution in [2.45, 2.75) is 12.8 Å². The number of aliphatic hydroxyl groups excluding tert-OH is 1. The summed E-state index contributed by atoms with van der Waals surface area (Å²) >= 11 is 5.73. The lowest BCUT2D eigenvalue weighted by Gasteiger charge is -2.31. The fourth-order valence-corrected chi connectivity index (χ4v) is 1.99. The molecule has 2 heterocycles. The molecule has 0 saturated carbocycles. The Hall–Kier alpha value is -0.870. The quantitative estimate of drug-likeness (QED) is 0.775. The van der Waals surface area contributed by atoms with Gasteiger partial charge in [-0.1, -0.05) is 0 Å². The van der Waals surface area contributed by atoms with E-state index in [-0.39, 0.29) is 5.28 Å². The molecule has 0 radical (unpaired) electrons. The zero-order chi connectivity index (χ0) is 10.7. The monoisotopic (exact) mass is 227 g/mol. The SMILES string of the molecule is OCC1CCN(c2ccnc(Cl)n2)CC1. The van der Waals surface area contributed by atoms with E-state index in [2.05, 4.69) is 14.9 Å². The van der Waals surface area contributed by atoms with Crippen LogP contribution in [0.25, 0.3) is 0 Å². The normalized spacial score (nSPS) is 18.1. The van der Waals surface area contributed by atoms with Crippen molar-refractivity contribution < 1.29 is 5.11 Å². The Balaban J connectivity index is 2.01. The van der Waals surface area contributed by atoms with Crippen molar-refractivity contribution in [2.24, 2.45) is 5.92 Å². The Morgan fingerprint density at radius 3 is 2.80 bits per heavy atom. The summed E-state index contributed by atoms with van der Waals surface area (Å²) in [5.41, 5.74) is 0. The predicted molar refractivity (Wildman–Crippen MR) is 59.1 cm³/mol. The average molecular weight is 228 g/mol. The first-order chi connectivity index (χ1) is 7.29. The fraction of sp³-hybridized carbons (Fsp3) is 0.600. The van der Waals surface area contributed by atoms with Crippen molar-refractivity contribution in [3.63, 3.8) is 0 Å². The smallest absolute Gasteiger partial charge is 0.224 e. The maximum absolute atomic E-state index is 9.03. The minimum absolute atomic E-state index is 0.289. The zero-order valence-corrected chi connectivity index (χ0v) is 9.19. The van der Waals surface area contributed by atoms with E-state index in [0.717, 1.165) is 31.7 Å². The Morgan fingerprint density at radius 2 is 2.20 bits per heavy atom. The van der Waals surface area contributed by atoms with Gasteiger partial charge in [0.25, 0.3) is 0 Å². The third-order valence-electron chi connectivity index (χ3n) is 2.81. The number of nitrogens with zero attached hydrogens (tertiary/aromatic N) is 3. The van der Waals surface area contributed by atoms with Crippen molar-refractivity contribution in [1.29, 1.82) is 0 Å². The molecule has 1 aromatic heterocycles. The number of piperidine rings is 1. The molecular weight excluding hydrogens is 214 g/mol. The van der Waals surface area contributed by atoms with Gasteiger partial charge in [0.2, 0.25) is 5.28 Å². The summed E-state index contributed by atoms with van der Waals surface area (Å²) in [6.07, 6.45) is 3.69. The van der Waals surface area contributed by atoms with Crippen molar-refractivity contribution in [2.75, 3.05) is 24.6 Å². The number of rotatable bonds is 2. The second kappa shape index (κ2) is 4.77. The molecule has 0 amide bonds. The van der Waals surface area contributed by atoms with Gasteiger partial charge in [0.05, 0.1) is 0 Å². The van der Waals surface area contributed by atoms with Gasteiger partial charge in [0.1, 0.15) is 5.82 Å². The Labute approximate surface area is 93.9 Å². The van der Waals surface area contributed by atoms with Crippen LogP contribution >= 0.6 is 11.6 Å². The molecule has 0 atom stereocenters. The van der Waals surface area contributed by atoms with Crippen LogP contribution in [0.1, 0.15) is 12.8 Å². The first kappa shape index (κ1) is 10.6. The van der Waals surface area contributed by atoms with Gasteiger partial charge in [0.15, 0.2) is 0 Å². The van der Waals surface area contributed by atoms with Gasteiger partial charge in [-0.25, -0.2) is 9.97 Å². The minimum Gasteiger partial charge on any atom is -0.396 e. The van der Waals surface area contributed by atoms with E-state index in [0.29, 0.717) is 12.5 Å². The molecule has 0 aliphatic carbocycles. The molecule has 2 rings (SSSR count). The summed E-state index contributed by atoms with van der Waals surface area (Å²) in [5, 5.41) is 9.32. The topological polar surface area (TPSA) is 49.2 Å². The second-order valence-corrected chi connectivity index (χ2v) is 4.13. The van der Waals surface area contributed by atoms with E-state index in [1.165, 1.54) is 0 Å². The maximum Gasteiger partial charge on any atom is 0.224 e. The highest BCUT2D eigenvalue weighted by Gasteiger charge is 2.19. The largest absolute Gasteiger partial charge is 0.396 e. The lowest BCUT2D eigenvalue weighted by Crippen LogP contribution is -2.35. The van der Waals surface area contributed by atoms with Crippen LogP contribution in [0.15, 0.2) is 12.3 Å². The number of aromatic nitrogens is 2. The van der Waals surface area contributed by atoms with Crippen molar-refractivity contribution in [3.8, 4) is 0 Å². The molecule has 5 heteroatoms. The molecule has 1 aliphatic rings. The van der Waals surface area contributed by atoms with Crippen molar-refractivity contribution in [1.82, 2.24) is 9.97 Å². The summed E-state index contributed by atoms with van der Waals surface area (Å²) in [4.78, 5) is 10.2. The van der Waals surface area contributed by atoms with Crippen molar-refractivity contribution >= 4 is 17.4 Å². The van der Waals surface area contributed by atoms with Gasteiger partial charge in [-0.2, -0.15) is 0 Å². The lowest BCUT2D eigenvalue weighted by molar-refractivity contribution is 0.203. The molecule has 4 nitrogen and oxygen atoms in total. The number of anilines is 1. The zero-order valence-electron chi connectivity index (χ0n) is 8.43. The fourth-order valence-electron chi connectivity index (χ4n) is 1.85. The van der Waals surface area contributed by atoms with Gasteiger partial charge < -0.3 is 10.0 Å². The van der Waals surface area contributed by atoms with E-state index in [9.17, 15) is 0 Å². The molecule has 15 heavy (non-hydrogen) atoms. The summed E-state index contributed by atoms with van der Waals surface area (Å²) in [6.45, 7) is 2.15. The first-order valence-electron chi connectivity index (χ1n) is 5.14. The highest BCUT2D eigenvalue weighted by Crippen LogP contribution is 2.21. The molecular formula is C10H14ClN3O. The van der Waals surface area contributed by atoms with Crippen LogP contribution < -0.4 is 4.90 Å². The van der Waals surface area contributed by atoms with Gasteiger partial charge >= 0.3 is 0 Å². The van der Waals surface area contributed by atoms with E-state index in [4.69, 9.17) is 16.7 Å². The maximum atomic E-state index is 9.03. The van der Waals surface area contributed by atoms with E-state index < -0.39 is 0 Å². The van der Waals surface area contributed by atoms with Crippen LogP contribution in [0.3, 0.4) is 0 Å². The minimum atomic E-state index is 0.289. The van der Waals surface area contributed by atoms with Crippen LogP contribution in [0.2, 0.25) is 5.28 Å². The number of hydrogen-bond acceptors (Lipinski definition) is 4. The molecule has 0 unspecified atom stereocenters. The standard InChI is InChI=1S/C10H14ClN3O/c11-10-12-4-1-9(13-10)14-5-2-8(7-15)3-6-14/h1,4,8,15H,2-3,5-7H2. The molecule has 82 valence electrons. The van der Waals surface area contributed by atoms with Gasteiger partial charge in [-0.15, -0.1) is 0 Å². The molecule has 1 aromatic rings. The second-order valence-electron chi connectivity index (χ2n) is 3.80. The third-order valence-corrected chi connectivity index (χ3v) is 2.99. The van der Waals surface area contributed by atoms with E-state index >= 15 is 0 Å². The summed E-state index contributed by atoms with van der Waals surface area (Å²) in [5.74, 6) is 1.32. The molecule has 1 aliphatic heterocycles. The number of halogens is 1. The number of aliphatic hydroxyl groups is 1. The first-order valence-corrected chi connectivity index (χ1v) is 5.52. The molecule has 0 spiro atoms. The Kier molecular flexibility index (Phi) is 3.38. The summed E-state index contributed by atoms with van der Waals surface area (Å²) in [6, 6.07) is 1.87. The predicted octanol–water partition coefficient (Wildman–Crippen LogP) is 1.34. The van der Waals surface area contributed by atoms with Gasteiger partial charge in [0, 0.05) is 25.9 Å². The number of hydrogen-bond donors (Lipinski definition) is 1. The van der Waals surface area contributed by atoms with Gasteiger partial charge in [-0.05, 0) is 36.4 Å². The Morgan fingerprint density at radius 1 is 1.47 bits per heavy atom. The lowest BCUT2D eigenvalue weighted by atomic mass is 9.98. The Bertz CT molecular complexity index is 326. The summed E-state index contributed by atoms with van der Waals surface area (Å²) < 4.78 is 0. The molecule has 1 saturated heterocycles. The van der Waals surface area contributed by atoms with Crippen LogP contribution in [0.4, 0.5) is 5.82 Å². The third kappa shape index (κ3) is 2.58. The average Bonchev–Trinajstić information content (AvgIpc) is 2.29. The van der Waals surface area contributed by atoms with E-state index in [1.54, 1.807) is 6.20 Å². The van der Waals surface area contributed by atoms with Crippen LogP contribution in [0.5, 0.6) is 0 Å². The molecule has 1 N–H and O–H groups in total. The highest BCUT2D eigenvalue weighted by atomic mass is 35.5. The summed E-state index contributed by atoms with van der Waals surface area (Å²) in [7, 11) is 0. The van der Waals surface area contributed by atoms with Gasteiger partial charge in [-0.3, -0.25) is 0 Å². The van der Waals surface area contributed by atoms with Crippen molar-refractivity contribution in [3.05, 3.63) is 17.5 Å². The van der Waals surface area contributed by atoms with Crippen LogP contribution in [-0.4, -0.2) is 34.8 Å². The molecule has 0 aromatic carbocycles.